The Kier molecular flexibility index (Phi) is 5.16. The highest BCUT2D eigenvalue weighted by molar-refractivity contribution is 6.02. The molecule has 1 fully saturated rings. The summed E-state index contributed by atoms with van der Waals surface area (Å²) in [6.07, 6.45) is 2.28. The van der Waals surface area contributed by atoms with Crippen LogP contribution in [0.25, 0.3) is 22.5 Å². The molecule has 5 rings (SSSR count). The molecule has 1 amide bonds. The number of amides is 1. The van der Waals surface area contributed by atoms with Gasteiger partial charge in [0.25, 0.3) is 5.91 Å². The lowest BCUT2D eigenvalue weighted by Gasteiger charge is -2.15. The molecule has 3 aromatic rings. The normalized spacial score (nSPS) is 19.3. The Morgan fingerprint density at radius 3 is 2.58 bits per heavy atom. The summed E-state index contributed by atoms with van der Waals surface area (Å²) in [6, 6.07) is 10.1. The average molecular weight is 448 g/mol. The number of phenolic OH excluding ortho intramolecular Hbond substituents is 2. The summed E-state index contributed by atoms with van der Waals surface area (Å²) in [5.74, 6) is -0.0923. The molecule has 33 heavy (non-hydrogen) atoms. The Labute approximate surface area is 193 Å². The second-order valence-corrected chi connectivity index (χ2v) is 9.30. The van der Waals surface area contributed by atoms with Crippen LogP contribution in [0.3, 0.4) is 0 Å². The number of nitrogens with one attached hydrogen (secondary N) is 1. The zero-order chi connectivity index (χ0) is 23.4. The molecule has 2 bridgehead atoms. The molecule has 3 heterocycles. The summed E-state index contributed by atoms with van der Waals surface area (Å²) in [4.78, 5) is 15.3. The Hall–Kier alpha value is -3.32. The minimum absolute atomic E-state index is 0.0212. The molecule has 2 atom stereocenters. The molecule has 0 radical (unpaired) electrons. The maximum Gasteiger partial charge on any atom is 0.274 e. The van der Waals surface area contributed by atoms with E-state index in [1.165, 1.54) is 17.2 Å². The first kappa shape index (κ1) is 21.5. The molecule has 2 unspecified atom stereocenters. The lowest BCUT2D eigenvalue weighted by molar-refractivity contribution is 0.0947. The first-order valence-electron chi connectivity index (χ1n) is 11.5. The van der Waals surface area contributed by atoms with E-state index in [9.17, 15) is 15.0 Å². The molecule has 172 valence electrons. The summed E-state index contributed by atoms with van der Waals surface area (Å²) in [7, 11) is 2.16. The largest absolute Gasteiger partial charge is 0.508 e. The summed E-state index contributed by atoms with van der Waals surface area (Å²) in [5.41, 5.74) is 5.24. The van der Waals surface area contributed by atoms with E-state index in [2.05, 4.69) is 34.6 Å². The number of nitrogens with zero attached hydrogens (tertiary/aromatic N) is 2. The molecule has 0 spiro atoms. The van der Waals surface area contributed by atoms with E-state index in [-0.39, 0.29) is 29.0 Å². The van der Waals surface area contributed by atoms with Crippen LogP contribution < -0.4 is 5.32 Å². The van der Waals surface area contributed by atoms with Gasteiger partial charge in [0.1, 0.15) is 11.5 Å². The highest BCUT2D eigenvalue weighted by Gasteiger charge is 2.41. The predicted molar refractivity (Wildman–Crippen MR) is 125 cm³/mol. The monoisotopic (exact) mass is 447 g/mol. The lowest BCUT2D eigenvalue weighted by Crippen LogP contribution is -2.23. The fourth-order valence-electron chi connectivity index (χ4n) is 5.39. The first-order valence-corrected chi connectivity index (χ1v) is 11.5. The van der Waals surface area contributed by atoms with E-state index in [0.29, 0.717) is 41.1 Å². The summed E-state index contributed by atoms with van der Waals surface area (Å²) in [6.45, 7) is 6.23. The number of rotatable bonds is 5. The number of hydrogen-bond donors (Lipinski definition) is 3. The van der Waals surface area contributed by atoms with Crippen molar-refractivity contribution < 1.29 is 19.5 Å². The molecule has 2 aliphatic rings. The van der Waals surface area contributed by atoms with Crippen LogP contribution in [-0.2, 0) is 0 Å². The maximum absolute atomic E-state index is 12.9. The lowest BCUT2D eigenvalue weighted by atomic mass is 9.88. The number of carbonyl (C=O) groups excluding carboxylic acids is 1. The van der Waals surface area contributed by atoms with Crippen LogP contribution in [0.1, 0.15) is 78.8 Å². The molecule has 0 aliphatic carbocycles. The molecular formula is C26H29N3O4. The van der Waals surface area contributed by atoms with E-state index in [1.807, 2.05) is 26.8 Å². The second-order valence-electron chi connectivity index (χ2n) is 9.30. The molecular weight excluding hydrogens is 418 g/mol. The molecule has 7 nitrogen and oxygen atoms in total. The van der Waals surface area contributed by atoms with Gasteiger partial charge < -0.3 is 20.1 Å². The van der Waals surface area contributed by atoms with Crippen molar-refractivity contribution in [1.82, 2.24) is 15.4 Å². The molecule has 0 saturated carbocycles. The van der Waals surface area contributed by atoms with Crippen LogP contribution in [-0.4, -0.2) is 39.8 Å². The van der Waals surface area contributed by atoms with Crippen LogP contribution in [0.2, 0.25) is 0 Å². The third-order valence-electron chi connectivity index (χ3n) is 7.05. The SMILES string of the molecule is CCNC(=O)c1noc(-c2cc(C(C)C)c(O)cc2O)c1-c1ccc2c(c1)C1CCC2N1C. The van der Waals surface area contributed by atoms with Crippen LogP contribution in [0.5, 0.6) is 11.5 Å². The number of hydrogen-bond acceptors (Lipinski definition) is 6. The highest BCUT2D eigenvalue weighted by atomic mass is 16.5. The number of aromatic hydroxyl groups is 2. The smallest absolute Gasteiger partial charge is 0.274 e. The number of fused-ring (bicyclic) bond motifs is 5. The molecule has 7 heteroatoms. The summed E-state index contributed by atoms with van der Waals surface area (Å²) < 4.78 is 5.70. The summed E-state index contributed by atoms with van der Waals surface area (Å²) >= 11 is 0. The maximum atomic E-state index is 12.9. The van der Waals surface area contributed by atoms with Crippen molar-refractivity contribution in [3.63, 3.8) is 0 Å². The first-order chi connectivity index (χ1) is 15.8. The number of benzene rings is 2. The van der Waals surface area contributed by atoms with Crippen molar-refractivity contribution in [1.29, 1.82) is 0 Å². The minimum Gasteiger partial charge on any atom is -0.508 e. The van der Waals surface area contributed by atoms with Crippen molar-refractivity contribution in [3.05, 3.63) is 52.7 Å². The van der Waals surface area contributed by atoms with Crippen molar-refractivity contribution in [2.75, 3.05) is 13.6 Å². The molecule has 3 N–H and O–H groups in total. The third kappa shape index (κ3) is 3.30. The second kappa shape index (κ2) is 7.92. The summed E-state index contributed by atoms with van der Waals surface area (Å²) in [5, 5.41) is 27.9. The van der Waals surface area contributed by atoms with Gasteiger partial charge in [-0.15, -0.1) is 0 Å². The van der Waals surface area contributed by atoms with Crippen molar-refractivity contribution in [2.45, 2.75) is 51.6 Å². The number of carbonyl (C=O) groups is 1. The Morgan fingerprint density at radius 2 is 1.88 bits per heavy atom. The Balaban J connectivity index is 1.71. The van der Waals surface area contributed by atoms with Crippen molar-refractivity contribution in [3.8, 4) is 33.9 Å². The van der Waals surface area contributed by atoms with Gasteiger partial charge in [-0.2, -0.15) is 0 Å². The zero-order valence-corrected chi connectivity index (χ0v) is 19.3. The van der Waals surface area contributed by atoms with E-state index in [1.54, 1.807) is 6.07 Å². The average Bonchev–Trinajstić information content (AvgIpc) is 3.45. The van der Waals surface area contributed by atoms with Crippen LogP contribution >= 0.6 is 0 Å². The van der Waals surface area contributed by atoms with Gasteiger partial charge in [-0.1, -0.05) is 31.1 Å². The van der Waals surface area contributed by atoms with E-state index < -0.39 is 0 Å². The standard InChI is InChI=1S/C26H29N3O4/c1-5-27-26(32)24-23(14-6-7-15-17(10-14)20-9-8-19(15)29(20)4)25(33-28-24)18-11-16(13(2)3)21(30)12-22(18)31/h6-7,10-13,19-20,30-31H,5,8-9H2,1-4H3,(H,27,32). The minimum atomic E-state index is -0.330. The topological polar surface area (TPSA) is 98.8 Å². The van der Waals surface area contributed by atoms with Crippen molar-refractivity contribution in [2.24, 2.45) is 0 Å². The predicted octanol–water partition coefficient (Wildman–Crippen LogP) is 5.11. The van der Waals surface area contributed by atoms with Gasteiger partial charge in [0.15, 0.2) is 11.5 Å². The molecule has 2 aliphatic heterocycles. The van der Waals surface area contributed by atoms with Crippen LogP contribution in [0, 0.1) is 0 Å². The Morgan fingerprint density at radius 1 is 1.15 bits per heavy atom. The van der Waals surface area contributed by atoms with Crippen molar-refractivity contribution >= 4 is 5.91 Å². The third-order valence-corrected chi connectivity index (χ3v) is 7.05. The van der Waals surface area contributed by atoms with Gasteiger partial charge >= 0.3 is 0 Å². The van der Waals surface area contributed by atoms with E-state index in [0.717, 1.165) is 18.4 Å². The van der Waals surface area contributed by atoms with E-state index >= 15 is 0 Å². The fourth-order valence-corrected chi connectivity index (χ4v) is 5.39. The van der Waals surface area contributed by atoms with Gasteiger partial charge in [-0.3, -0.25) is 9.69 Å². The van der Waals surface area contributed by atoms with Gasteiger partial charge in [-0.25, -0.2) is 0 Å². The molecule has 1 aromatic heterocycles. The number of aromatic nitrogens is 1. The zero-order valence-electron chi connectivity index (χ0n) is 19.3. The van der Waals surface area contributed by atoms with Crippen LogP contribution in [0.15, 0.2) is 34.9 Å². The fraction of sp³-hybridized carbons (Fsp3) is 0.385. The quantitative estimate of drug-likeness (QED) is 0.502. The van der Waals surface area contributed by atoms with Gasteiger partial charge in [0.05, 0.1) is 11.1 Å². The molecule has 2 aromatic carbocycles. The van der Waals surface area contributed by atoms with Gasteiger partial charge in [-0.05, 0) is 67.1 Å². The Bertz CT molecular complexity index is 1250. The highest BCUT2D eigenvalue weighted by Crippen LogP contribution is 2.53. The molecule has 1 saturated heterocycles. The van der Waals surface area contributed by atoms with Crippen LogP contribution in [0.4, 0.5) is 0 Å². The number of phenols is 2. The van der Waals surface area contributed by atoms with E-state index in [4.69, 9.17) is 4.52 Å². The van der Waals surface area contributed by atoms with Gasteiger partial charge in [0, 0.05) is 24.7 Å². The van der Waals surface area contributed by atoms with Gasteiger partial charge in [0.2, 0.25) is 0 Å².